The second kappa shape index (κ2) is 6.84. The minimum absolute atomic E-state index is 0.162. The summed E-state index contributed by atoms with van der Waals surface area (Å²) in [6, 6.07) is 17.7. The fraction of sp³-hybridized carbons (Fsp3) is 0.400. The van der Waals surface area contributed by atoms with E-state index in [0.29, 0.717) is 11.8 Å². The van der Waals surface area contributed by atoms with Gasteiger partial charge in [0.15, 0.2) is 0 Å². The summed E-state index contributed by atoms with van der Waals surface area (Å²) < 4.78 is 0. The van der Waals surface area contributed by atoms with E-state index in [1.54, 1.807) is 12.1 Å². The molecule has 25 heavy (non-hydrogen) atoms. The minimum Gasteiger partial charge on any atom is -0.371 e. The van der Waals surface area contributed by atoms with Gasteiger partial charge in [0, 0.05) is 50.5 Å². The number of nitro benzene ring substituents is 1. The van der Waals surface area contributed by atoms with Crippen molar-refractivity contribution < 1.29 is 4.92 Å². The molecule has 5 heteroatoms. The van der Waals surface area contributed by atoms with E-state index in [2.05, 4.69) is 40.1 Å². The van der Waals surface area contributed by atoms with E-state index >= 15 is 0 Å². The molecule has 2 aliphatic heterocycles. The molecule has 0 aromatic heterocycles. The highest BCUT2D eigenvalue weighted by Gasteiger charge is 2.34. The maximum atomic E-state index is 10.8. The molecule has 130 valence electrons. The van der Waals surface area contributed by atoms with Crippen LogP contribution in [0.4, 0.5) is 11.4 Å². The van der Waals surface area contributed by atoms with E-state index in [1.807, 2.05) is 12.1 Å². The lowest BCUT2D eigenvalue weighted by molar-refractivity contribution is -0.384. The van der Waals surface area contributed by atoms with E-state index in [1.165, 1.54) is 12.0 Å². The average Bonchev–Trinajstić information content (AvgIpc) is 2.62. The lowest BCUT2D eigenvalue weighted by Crippen LogP contribution is -2.52. The maximum absolute atomic E-state index is 10.8. The van der Waals surface area contributed by atoms with Crippen molar-refractivity contribution in [3.8, 4) is 0 Å². The zero-order chi connectivity index (χ0) is 17.2. The fourth-order valence-electron chi connectivity index (χ4n) is 4.35. The summed E-state index contributed by atoms with van der Waals surface area (Å²) in [7, 11) is 0. The lowest BCUT2D eigenvalue weighted by atomic mass is 9.84. The van der Waals surface area contributed by atoms with Crippen molar-refractivity contribution in [2.75, 3.05) is 31.1 Å². The Balaban J connectivity index is 1.41. The number of likely N-dealkylation sites (tertiary alicyclic amines) is 1. The quantitative estimate of drug-likeness (QED) is 0.632. The highest BCUT2D eigenvalue weighted by molar-refractivity contribution is 5.51. The third-order valence-corrected chi connectivity index (χ3v) is 5.33. The molecule has 0 aliphatic carbocycles. The van der Waals surface area contributed by atoms with Crippen LogP contribution in [0.15, 0.2) is 54.6 Å². The van der Waals surface area contributed by atoms with Gasteiger partial charge < -0.3 is 4.90 Å². The third-order valence-electron chi connectivity index (χ3n) is 5.33. The Hall–Kier alpha value is -2.40. The minimum atomic E-state index is -0.337. The first-order valence-electron chi connectivity index (χ1n) is 8.93. The van der Waals surface area contributed by atoms with Crippen LogP contribution in [-0.2, 0) is 6.54 Å². The molecule has 2 atom stereocenters. The van der Waals surface area contributed by atoms with Crippen molar-refractivity contribution in [1.82, 2.24) is 4.90 Å². The topological polar surface area (TPSA) is 49.6 Å². The normalized spacial score (nSPS) is 23.4. The van der Waals surface area contributed by atoms with Gasteiger partial charge in [-0.15, -0.1) is 0 Å². The van der Waals surface area contributed by atoms with Gasteiger partial charge >= 0.3 is 0 Å². The van der Waals surface area contributed by atoms with Gasteiger partial charge in [0.05, 0.1) is 4.92 Å². The van der Waals surface area contributed by atoms with E-state index < -0.39 is 0 Å². The molecule has 0 saturated carbocycles. The molecule has 2 bridgehead atoms. The summed E-state index contributed by atoms with van der Waals surface area (Å²) in [6.07, 6.45) is 1.30. The molecule has 2 aliphatic rings. The van der Waals surface area contributed by atoms with E-state index in [0.717, 1.165) is 38.4 Å². The van der Waals surface area contributed by atoms with Crippen LogP contribution in [0.5, 0.6) is 0 Å². The van der Waals surface area contributed by atoms with Crippen LogP contribution in [-0.4, -0.2) is 36.0 Å². The van der Waals surface area contributed by atoms with Crippen molar-refractivity contribution in [1.29, 1.82) is 0 Å². The first-order valence-corrected chi connectivity index (χ1v) is 8.93. The second-order valence-electron chi connectivity index (χ2n) is 7.33. The molecule has 0 amide bonds. The molecular weight excluding hydrogens is 314 g/mol. The monoisotopic (exact) mass is 337 g/mol. The van der Waals surface area contributed by atoms with E-state index in [4.69, 9.17) is 0 Å². The van der Waals surface area contributed by atoms with E-state index in [9.17, 15) is 10.1 Å². The average molecular weight is 337 g/mol. The van der Waals surface area contributed by atoms with Crippen LogP contribution < -0.4 is 4.90 Å². The Morgan fingerprint density at radius 3 is 2.16 bits per heavy atom. The molecule has 5 nitrogen and oxygen atoms in total. The number of hydrogen-bond donors (Lipinski definition) is 0. The van der Waals surface area contributed by atoms with Gasteiger partial charge in [-0.1, -0.05) is 30.3 Å². The number of nitro groups is 1. The van der Waals surface area contributed by atoms with Gasteiger partial charge in [-0.25, -0.2) is 0 Å². The first kappa shape index (κ1) is 16.1. The van der Waals surface area contributed by atoms with Gasteiger partial charge in [0.1, 0.15) is 0 Å². The third kappa shape index (κ3) is 3.66. The SMILES string of the molecule is O=[N+]([O-])c1ccc(N2CC3CC(CN(Cc4ccccc4)C3)C2)cc1. The van der Waals surface area contributed by atoms with Crippen LogP contribution in [0, 0.1) is 22.0 Å². The molecule has 0 radical (unpaired) electrons. The molecule has 2 aromatic rings. The Labute approximate surface area is 148 Å². The number of piperidine rings is 2. The zero-order valence-electron chi connectivity index (χ0n) is 14.3. The van der Waals surface area contributed by atoms with Gasteiger partial charge in [0.2, 0.25) is 0 Å². The first-order chi connectivity index (χ1) is 12.2. The Morgan fingerprint density at radius 1 is 0.920 bits per heavy atom. The number of nitrogens with zero attached hydrogens (tertiary/aromatic N) is 3. The summed E-state index contributed by atoms with van der Waals surface area (Å²) in [4.78, 5) is 15.5. The Kier molecular flexibility index (Phi) is 4.40. The number of benzene rings is 2. The summed E-state index contributed by atoms with van der Waals surface area (Å²) in [5, 5.41) is 10.8. The summed E-state index contributed by atoms with van der Waals surface area (Å²) in [5.41, 5.74) is 2.65. The summed E-state index contributed by atoms with van der Waals surface area (Å²) in [5.74, 6) is 1.35. The highest BCUT2D eigenvalue weighted by Crippen LogP contribution is 2.32. The van der Waals surface area contributed by atoms with Crippen LogP contribution >= 0.6 is 0 Å². The number of non-ortho nitro benzene ring substituents is 1. The van der Waals surface area contributed by atoms with E-state index in [-0.39, 0.29) is 10.6 Å². The summed E-state index contributed by atoms with van der Waals surface area (Å²) in [6.45, 7) is 5.38. The summed E-state index contributed by atoms with van der Waals surface area (Å²) >= 11 is 0. The van der Waals surface area contributed by atoms with Gasteiger partial charge in [0.25, 0.3) is 5.69 Å². The van der Waals surface area contributed by atoms with Crippen molar-refractivity contribution in [2.45, 2.75) is 13.0 Å². The van der Waals surface area contributed by atoms with Crippen molar-refractivity contribution >= 4 is 11.4 Å². The van der Waals surface area contributed by atoms with Crippen molar-refractivity contribution in [3.05, 3.63) is 70.3 Å². The molecule has 2 aromatic carbocycles. The zero-order valence-corrected chi connectivity index (χ0v) is 14.3. The molecule has 2 unspecified atom stereocenters. The predicted octanol–water partition coefficient (Wildman–Crippen LogP) is 3.55. The number of anilines is 1. The molecule has 2 heterocycles. The van der Waals surface area contributed by atoms with Crippen LogP contribution in [0.1, 0.15) is 12.0 Å². The number of fused-ring (bicyclic) bond motifs is 2. The standard InChI is InChI=1S/C20H23N3O2/c24-23(25)20-8-6-19(7-9-20)22-14-17-10-18(15-22)13-21(12-17)11-16-4-2-1-3-5-16/h1-9,17-18H,10-15H2. The van der Waals surface area contributed by atoms with Crippen molar-refractivity contribution in [2.24, 2.45) is 11.8 Å². The maximum Gasteiger partial charge on any atom is 0.269 e. The molecule has 4 rings (SSSR count). The Bertz CT molecular complexity index is 718. The fourth-order valence-corrected chi connectivity index (χ4v) is 4.35. The highest BCUT2D eigenvalue weighted by atomic mass is 16.6. The molecule has 2 saturated heterocycles. The number of hydrogen-bond acceptors (Lipinski definition) is 4. The van der Waals surface area contributed by atoms with Gasteiger partial charge in [-0.3, -0.25) is 15.0 Å². The lowest BCUT2D eigenvalue weighted by Gasteiger charge is -2.46. The van der Waals surface area contributed by atoms with Gasteiger partial charge in [-0.2, -0.15) is 0 Å². The smallest absolute Gasteiger partial charge is 0.269 e. The second-order valence-corrected chi connectivity index (χ2v) is 7.33. The van der Waals surface area contributed by atoms with Crippen LogP contribution in [0.25, 0.3) is 0 Å². The Morgan fingerprint density at radius 2 is 1.56 bits per heavy atom. The van der Waals surface area contributed by atoms with Crippen LogP contribution in [0.3, 0.4) is 0 Å². The largest absolute Gasteiger partial charge is 0.371 e. The molecular formula is C20H23N3O2. The van der Waals surface area contributed by atoms with Crippen LogP contribution in [0.2, 0.25) is 0 Å². The van der Waals surface area contributed by atoms with Gasteiger partial charge in [-0.05, 0) is 36.0 Å². The molecule has 0 N–H and O–H groups in total. The van der Waals surface area contributed by atoms with Crippen molar-refractivity contribution in [3.63, 3.8) is 0 Å². The molecule has 0 spiro atoms. The number of rotatable bonds is 4. The predicted molar refractivity (Wildman–Crippen MR) is 98.6 cm³/mol. The molecule has 2 fully saturated rings.